The van der Waals surface area contributed by atoms with Crippen LogP contribution in [-0.4, -0.2) is 43.5 Å². The maximum atomic E-state index is 8.07. The molecular formula is C6H15N3O7Si. The highest BCUT2D eigenvalue weighted by atomic mass is 28.4. The molecule has 0 fully saturated rings. The molecule has 0 rings (SSSR count). The van der Waals surface area contributed by atoms with Crippen molar-refractivity contribution < 1.29 is 32.8 Å². The predicted octanol–water partition coefficient (Wildman–Crippen LogP) is 0.873. The van der Waals surface area contributed by atoms with Crippen LogP contribution in [0.15, 0.2) is 5.11 Å². The van der Waals surface area contributed by atoms with Gasteiger partial charge in [-0.15, -0.1) is 0 Å². The SMILES string of the molecule is COO[Si](OCCCN=[N+]=[N-])(OOC)OOC. The van der Waals surface area contributed by atoms with E-state index in [0.717, 1.165) is 0 Å². The second-order valence-corrected chi connectivity index (χ2v) is 4.20. The van der Waals surface area contributed by atoms with Crippen molar-refractivity contribution in [1.82, 2.24) is 0 Å². The number of rotatable bonds is 11. The molecule has 0 amide bonds. The quantitative estimate of drug-likeness (QED) is 0.104. The van der Waals surface area contributed by atoms with Crippen molar-refractivity contribution in [3.05, 3.63) is 10.4 Å². The van der Waals surface area contributed by atoms with Gasteiger partial charge in [-0.1, -0.05) is 5.11 Å². The van der Waals surface area contributed by atoms with Crippen molar-refractivity contribution in [3.8, 4) is 0 Å². The van der Waals surface area contributed by atoms with Gasteiger partial charge in [-0.25, -0.2) is 14.7 Å². The molecule has 0 aromatic carbocycles. The molecule has 0 radical (unpaired) electrons. The lowest BCUT2D eigenvalue weighted by Gasteiger charge is -2.22. The smallest absolute Gasteiger partial charge is 0.347 e. The molecule has 0 aliphatic rings. The Bertz CT molecular complexity index is 221. The van der Waals surface area contributed by atoms with Crippen LogP contribution in [0.2, 0.25) is 0 Å². The summed E-state index contributed by atoms with van der Waals surface area (Å²) < 4.78 is 19.4. The van der Waals surface area contributed by atoms with Crippen LogP contribution in [0, 0.1) is 0 Å². The Kier molecular flexibility index (Phi) is 9.94. The van der Waals surface area contributed by atoms with Crippen molar-refractivity contribution in [1.29, 1.82) is 0 Å². The largest absolute Gasteiger partial charge is 0.764 e. The average molecular weight is 269 g/mol. The van der Waals surface area contributed by atoms with Crippen LogP contribution in [-0.2, 0) is 32.8 Å². The van der Waals surface area contributed by atoms with Gasteiger partial charge >= 0.3 is 9.05 Å². The molecule has 0 saturated heterocycles. The Morgan fingerprint density at radius 2 is 1.59 bits per heavy atom. The molecule has 0 atom stereocenters. The highest BCUT2D eigenvalue weighted by Crippen LogP contribution is 2.13. The molecule has 11 heteroatoms. The van der Waals surface area contributed by atoms with Crippen molar-refractivity contribution in [2.75, 3.05) is 34.5 Å². The van der Waals surface area contributed by atoms with Gasteiger partial charge in [0.15, 0.2) is 0 Å². The Balaban J connectivity index is 4.17. The van der Waals surface area contributed by atoms with Crippen LogP contribution in [0.1, 0.15) is 6.42 Å². The summed E-state index contributed by atoms with van der Waals surface area (Å²) in [7, 11) is 0.102. The van der Waals surface area contributed by atoms with Gasteiger partial charge in [-0.3, -0.25) is 0 Å². The van der Waals surface area contributed by atoms with Crippen LogP contribution >= 0.6 is 0 Å². The first-order chi connectivity index (χ1) is 8.24. The van der Waals surface area contributed by atoms with Crippen LogP contribution in [0.3, 0.4) is 0 Å². The Morgan fingerprint density at radius 1 is 1.06 bits per heavy atom. The van der Waals surface area contributed by atoms with Crippen LogP contribution in [0.5, 0.6) is 0 Å². The zero-order chi connectivity index (χ0) is 13.0. The summed E-state index contributed by atoms with van der Waals surface area (Å²) in [6, 6.07) is 0. The van der Waals surface area contributed by atoms with Crippen molar-refractivity contribution in [3.63, 3.8) is 0 Å². The maximum Gasteiger partial charge on any atom is 0.764 e. The zero-order valence-corrected chi connectivity index (χ0v) is 10.8. The van der Waals surface area contributed by atoms with E-state index in [1.807, 2.05) is 0 Å². The molecule has 0 aliphatic heterocycles. The van der Waals surface area contributed by atoms with Gasteiger partial charge in [0.1, 0.15) is 0 Å². The topological polar surface area (TPSA) is 113 Å². The summed E-state index contributed by atoms with van der Waals surface area (Å²) in [6.45, 7) is 0.426. The summed E-state index contributed by atoms with van der Waals surface area (Å²) in [5.74, 6) is 0. The van der Waals surface area contributed by atoms with Crippen LogP contribution < -0.4 is 0 Å². The minimum Gasteiger partial charge on any atom is -0.347 e. The number of hydrogen-bond acceptors (Lipinski definition) is 8. The fourth-order valence-corrected chi connectivity index (χ4v) is 2.03. The number of nitrogens with zero attached hydrogens (tertiary/aromatic N) is 3. The first-order valence-electron chi connectivity index (χ1n) is 4.55. The monoisotopic (exact) mass is 269 g/mol. The van der Waals surface area contributed by atoms with Gasteiger partial charge in [-0.05, 0) is 12.0 Å². The first-order valence-corrected chi connectivity index (χ1v) is 6.18. The molecule has 0 saturated carbocycles. The van der Waals surface area contributed by atoms with Crippen LogP contribution in [0.4, 0.5) is 0 Å². The lowest BCUT2D eigenvalue weighted by atomic mass is 10.5. The van der Waals surface area contributed by atoms with E-state index in [1.54, 1.807) is 0 Å². The third kappa shape index (κ3) is 7.22. The van der Waals surface area contributed by atoms with Crippen molar-refractivity contribution >= 4 is 9.05 Å². The first kappa shape index (κ1) is 16.2. The molecule has 0 N–H and O–H groups in total. The van der Waals surface area contributed by atoms with E-state index < -0.39 is 9.05 Å². The molecule has 0 aromatic rings. The highest BCUT2D eigenvalue weighted by Gasteiger charge is 2.51. The molecular weight excluding hydrogens is 254 g/mol. The van der Waals surface area contributed by atoms with Crippen LogP contribution in [0.25, 0.3) is 10.4 Å². The second-order valence-electron chi connectivity index (χ2n) is 2.41. The van der Waals surface area contributed by atoms with Gasteiger partial charge < -0.3 is 4.43 Å². The summed E-state index contributed by atoms with van der Waals surface area (Å²) >= 11 is 0. The molecule has 10 nitrogen and oxygen atoms in total. The van der Waals surface area contributed by atoms with Gasteiger partial charge in [0, 0.05) is 18.1 Å². The minimum absolute atomic E-state index is 0.154. The normalized spacial score (nSPS) is 11.2. The fraction of sp³-hybridized carbons (Fsp3) is 1.00. The molecule has 0 bridgehead atoms. The second kappa shape index (κ2) is 10.4. The predicted molar refractivity (Wildman–Crippen MR) is 54.6 cm³/mol. The summed E-state index contributed by atoms with van der Waals surface area (Å²) in [4.78, 5) is 15.9. The molecule has 100 valence electrons. The van der Waals surface area contributed by atoms with E-state index in [-0.39, 0.29) is 13.2 Å². The van der Waals surface area contributed by atoms with Gasteiger partial charge in [0.05, 0.1) is 21.3 Å². The zero-order valence-electron chi connectivity index (χ0n) is 9.82. The molecule has 17 heavy (non-hydrogen) atoms. The van der Waals surface area contributed by atoms with E-state index in [9.17, 15) is 0 Å². The summed E-state index contributed by atoms with van der Waals surface area (Å²) in [5.41, 5.74) is 8.07. The maximum absolute atomic E-state index is 8.07. The van der Waals surface area contributed by atoms with E-state index >= 15 is 0 Å². The average Bonchev–Trinajstić information content (AvgIpc) is 2.30. The third-order valence-electron chi connectivity index (χ3n) is 1.30. The van der Waals surface area contributed by atoms with Crippen molar-refractivity contribution in [2.24, 2.45) is 5.11 Å². The number of azide groups is 1. The van der Waals surface area contributed by atoms with E-state index in [2.05, 4.69) is 24.7 Å². The molecule has 0 aliphatic carbocycles. The Labute approximate surface area is 99.2 Å². The molecule has 0 heterocycles. The standard InChI is InChI=1S/C6H15N3O7Si/c1-10-14-17(15-11-2,16-12-3)13-6-4-5-8-9-7/h4-6H2,1-3H3. The minimum atomic E-state index is -3.66. The fourth-order valence-electron chi connectivity index (χ4n) is 0.797. The van der Waals surface area contributed by atoms with Gasteiger partial charge in [0.2, 0.25) is 0 Å². The van der Waals surface area contributed by atoms with E-state index in [1.165, 1.54) is 21.3 Å². The Hall–Kier alpha value is -0.753. The van der Waals surface area contributed by atoms with Gasteiger partial charge in [-0.2, -0.15) is 13.7 Å². The van der Waals surface area contributed by atoms with Crippen molar-refractivity contribution in [2.45, 2.75) is 6.42 Å². The third-order valence-corrected chi connectivity index (χ3v) is 2.97. The molecule has 0 unspecified atom stereocenters. The molecule has 0 aromatic heterocycles. The molecule has 0 spiro atoms. The summed E-state index contributed by atoms with van der Waals surface area (Å²) in [6.07, 6.45) is 0.450. The lowest BCUT2D eigenvalue weighted by molar-refractivity contribution is -0.370. The van der Waals surface area contributed by atoms with Gasteiger partial charge in [0.25, 0.3) is 0 Å². The van der Waals surface area contributed by atoms with E-state index in [4.69, 9.17) is 23.7 Å². The Morgan fingerprint density at radius 3 is 2.00 bits per heavy atom. The lowest BCUT2D eigenvalue weighted by Crippen LogP contribution is -2.48. The number of hydrogen-bond donors (Lipinski definition) is 0. The van der Waals surface area contributed by atoms with E-state index in [0.29, 0.717) is 6.42 Å². The highest BCUT2D eigenvalue weighted by molar-refractivity contribution is 6.52. The summed E-state index contributed by atoms with van der Waals surface area (Å²) in [5, 5.41) is 3.33.